The third-order valence-corrected chi connectivity index (χ3v) is 3.17. The average molecular weight is 274 g/mol. The van der Waals surface area contributed by atoms with E-state index >= 15 is 0 Å². The predicted octanol–water partition coefficient (Wildman–Crippen LogP) is 3.63. The van der Waals surface area contributed by atoms with Crippen LogP contribution in [-0.4, -0.2) is 37.5 Å². The van der Waals surface area contributed by atoms with E-state index in [9.17, 15) is 4.79 Å². The molecule has 1 unspecified atom stereocenters. The molecule has 0 saturated carbocycles. The molecule has 0 bridgehead atoms. The molecule has 0 aromatic rings. The van der Waals surface area contributed by atoms with Gasteiger partial charge in [-0.2, -0.15) is 0 Å². The van der Waals surface area contributed by atoms with E-state index in [1.165, 1.54) is 44.9 Å². The molecular formula is C15H30O4. The van der Waals surface area contributed by atoms with Gasteiger partial charge < -0.3 is 14.6 Å². The van der Waals surface area contributed by atoms with Crippen molar-refractivity contribution in [3.05, 3.63) is 0 Å². The van der Waals surface area contributed by atoms with Crippen molar-refractivity contribution in [2.75, 3.05) is 20.3 Å². The highest BCUT2D eigenvalue weighted by molar-refractivity contribution is 5.68. The van der Waals surface area contributed by atoms with Crippen molar-refractivity contribution in [3.8, 4) is 0 Å². The lowest BCUT2D eigenvalue weighted by atomic mass is 10.1. The van der Waals surface area contributed by atoms with Crippen LogP contribution in [0.4, 0.5) is 0 Å². The Kier molecular flexibility index (Phi) is 13.4. The first kappa shape index (κ1) is 18.4. The number of aliphatic carboxylic acids is 1. The first-order valence-electron chi connectivity index (χ1n) is 7.53. The maximum absolute atomic E-state index is 10.4. The van der Waals surface area contributed by atoms with Gasteiger partial charge in [0.15, 0.2) is 0 Å². The highest BCUT2D eigenvalue weighted by atomic mass is 16.5. The highest BCUT2D eigenvalue weighted by Gasteiger charge is 2.10. The van der Waals surface area contributed by atoms with Crippen LogP contribution in [0, 0.1) is 0 Å². The fourth-order valence-electron chi connectivity index (χ4n) is 2.10. The molecule has 0 radical (unpaired) electrons. The number of rotatable bonds is 14. The third kappa shape index (κ3) is 13.6. The molecule has 19 heavy (non-hydrogen) atoms. The smallest absolute Gasteiger partial charge is 0.329 e. The first-order chi connectivity index (χ1) is 9.20. The zero-order valence-corrected chi connectivity index (χ0v) is 12.5. The number of hydrogen-bond acceptors (Lipinski definition) is 3. The third-order valence-electron chi connectivity index (χ3n) is 3.17. The van der Waals surface area contributed by atoms with Gasteiger partial charge in [-0.3, -0.25) is 0 Å². The van der Waals surface area contributed by atoms with Crippen LogP contribution in [0.3, 0.4) is 0 Å². The van der Waals surface area contributed by atoms with Crippen molar-refractivity contribution in [1.82, 2.24) is 0 Å². The fourth-order valence-corrected chi connectivity index (χ4v) is 2.10. The van der Waals surface area contributed by atoms with Crippen molar-refractivity contribution in [2.45, 2.75) is 70.8 Å². The van der Waals surface area contributed by atoms with Crippen LogP contribution in [-0.2, 0) is 14.3 Å². The second kappa shape index (κ2) is 13.8. The Balaban J connectivity index is 3.44. The minimum Gasteiger partial charge on any atom is -0.480 e. The van der Waals surface area contributed by atoms with Gasteiger partial charge >= 0.3 is 5.97 Å². The Morgan fingerprint density at radius 2 is 1.63 bits per heavy atom. The van der Waals surface area contributed by atoms with Crippen molar-refractivity contribution in [2.24, 2.45) is 0 Å². The molecule has 0 spiro atoms. The average Bonchev–Trinajstić information content (AvgIpc) is 2.38. The van der Waals surface area contributed by atoms with Gasteiger partial charge in [0.25, 0.3) is 0 Å². The molecule has 0 aliphatic rings. The quantitative estimate of drug-likeness (QED) is 0.491. The van der Waals surface area contributed by atoms with Crippen LogP contribution in [0.2, 0.25) is 0 Å². The summed E-state index contributed by atoms with van der Waals surface area (Å²) in [5.74, 6) is -0.919. The van der Waals surface area contributed by atoms with Gasteiger partial charge in [0, 0.05) is 7.11 Å². The normalized spacial score (nSPS) is 12.5. The highest BCUT2D eigenvalue weighted by Crippen LogP contribution is 2.12. The number of carboxylic acid groups (broad SMARTS) is 1. The number of unbranched alkanes of at least 4 members (excludes halogenated alkanes) is 7. The van der Waals surface area contributed by atoms with Crippen molar-refractivity contribution in [3.63, 3.8) is 0 Å². The molecule has 114 valence electrons. The summed E-state index contributed by atoms with van der Waals surface area (Å²) in [5.41, 5.74) is 0. The van der Waals surface area contributed by atoms with Gasteiger partial charge in [0.1, 0.15) is 6.61 Å². The molecule has 0 amide bonds. The van der Waals surface area contributed by atoms with Gasteiger partial charge in [0.2, 0.25) is 0 Å². The van der Waals surface area contributed by atoms with Gasteiger partial charge in [-0.15, -0.1) is 0 Å². The Bertz CT molecular complexity index is 206. The Morgan fingerprint density at radius 1 is 1.05 bits per heavy atom. The summed E-state index contributed by atoms with van der Waals surface area (Å²) in [6.45, 7) is 2.47. The second-order valence-corrected chi connectivity index (χ2v) is 5.05. The lowest BCUT2D eigenvalue weighted by Gasteiger charge is -2.15. The van der Waals surface area contributed by atoms with E-state index in [-0.39, 0.29) is 12.7 Å². The summed E-state index contributed by atoms with van der Waals surface area (Å²) in [4.78, 5) is 10.4. The summed E-state index contributed by atoms with van der Waals surface area (Å²) in [5, 5.41) is 8.58. The zero-order valence-electron chi connectivity index (χ0n) is 12.5. The summed E-state index contributed by atoms with van der Waals surface area (Å²) >= 11 is 0. The maximum atomic E-state index is 10.4. The lowest BCUT2D eigenvalue weighted by Crippen LogP contribution is -2.22. The minimum absolute atomic E-state index is 0.0822. The molecule has 4 nitrogen and oxygen atoms in total. The molecule has 0 aliphatic heterocycles. The number of methoxy groups -OCH3 is 1. The van der Waals surface area contributed by atoms with Gasteiger partial charge in [-0.1, -0.05) is 58.3 Å². The molecular weight excluding hydrogens is 244 g/mol. The summed E-state index contributed by atoms with van der Waals surface area (Å²) < 4.78 is 10.3. The van der Waals surface area contributed by atoms with Gasteiger partial charge in [-0.05, 0) is 6.42 Å². The topological polar surface area (TPSA) is 55.8 Å². The van der Waals surface area contributed by atoms with Crippen LogP contribution in [0.15, 0.2) is 0 Å². The van der Waals surface area contributed by atoms with Gasteiger partial charge in [0.05, 0.1) is 12.7 Å². The van der Waals surface area contributed by atoms with E-state index in [2.05, 4.69) is 6.92 Å². The molecule has 0 aromatic carbocycles. The van der Waals surface area contributed by atoms with Crippen molar-refractivity contribution >= 4 is 5.97 Å². The summed E-state index contributed by atoms with van der Waals surface area (Å²) in [6.07, 6.45) is 11.0. The number of ether oxygens (including phenoxy) is 2. The lowest BCUT2D eigenvalue weighted by molar-refractivity contribution is -0.145. The van der Waals surface area contributed by atoms with E-state index in [1.807, 2.05) is 0 Å². The molecule has 0 rings (SSSR count). The number of carbonyl (C=O) groups is 1. The van der Waals surface area contributed by atoms with E-state index in [0.717, 1.165) is 12.8 Å². The standard InChI is InChI=1S/C15H30O4/c1-3-4-5-6-7-8-9-10-11-14(12-18-2)19-13-15(16)17/h14H,3-13H2,1-2H3,(H,16,17). The van der Waals surface area contributed by atoms with E-state index in [4.69, 9.17) is 14.6 Å². The summed E-state index contributed by atoms with van der Waals surface area (Å²) in [7, 11) is 1.62. The van der Waals surface area contributed by atoms with Crippen LogP contribution >= 0.6 is 0 Å². The summed E-state index contributed by atoms with van der Waals surface area (Å²) in [6, 6.07) is 0. The molecule has 0 heterocycles. The van der Waals surface area contributed by atoms with Crippen LogP contribution in [0.1, 0.15) is 64.7 Å². The molecule has 0 fully saturated rings. The van der Waals surface area contributed by atoms with Crippen molar-refractivity contribution in [1.29, 1.82) is 0 Å². The Hall–Kier alpha value is -0.610. The van der Waals surface area contributed by atoms with Crippen LogP contribution in [0.5, 0.6) is 0 Å². The van der Waals surface area contributed by atoms with Crippen molar-refractivity contribution < 1.29 is 19.4 Å². The van der Waals surface area contributed by atoms with E-state index in [1.54, 1.807) is 7.11 Å². The molecule has 1 atom stereocenters. The SMILES string of the molecule is CCCCCCCCCCC(COC)OCC(=O)O. The maximum Gasteiger partial charge on any atom is 0.329 e. The van der Waals surface area contributed by atoms with Crippen LogP contribution < -0.4 is 0 Å². The van der Waals surface area contributed by atoms with E-state index in [0.29, 0.717) is 6.61 Å². The first-order valence-corrected chi connectivity index (χ1v) is 7.53. The Labute approximate surface area is 117 Å². The Morgan fingerprint density at radius 3 is 2.16 bits per heavy atom. The number of carboxylic acids is 1. The zero-order chi connectivity index (χ0) is 14.3. The predicted molar refractivity (Wildman–Crippen MR) is 76.5 cm³/mol. The monoisotopic (exact) mass is 274 g/mol. The largest absolute Gasteiger partial charge is 0.480 e. The molecule has 0 aliphatic carbocycles. The molecule has 4 heteroatoms. The molecule has 0 aromatic heterocycles. The van der Waals surface area contributed by atoms with E-state index < -0.39 is 5.97 Å². The second-order valence-electron chi connectivity index (χ2n) is 5.05. The van der Waals surface area contributed by atoms with Crippen LogP contribution in [0.25, 0.3) is 0 Å². The molecule has 0 saturated heterocycles. The fraction of sp³-hybridized carbons (Fsp3) is 0.933. The van der Waals surface area contributed by atoms with Gasteiger partial charge in [-0.25, -0.2) is 4.79 Å². The minimum atomic E-state index is -0.919. The number of hydrogen-bond donors (Lipinski definition) is 1. The molecule has 1 N–H and O–H groups in total.